The highest BCUT2D eigenvalue weighted by molar-refractivity contribution is 5.89. The molecule has 0 aliphatic carbocycles. The van der Waals surface area contributed by atoms with Crippen molar-refractivity contribution in [2.75, 3.05) is 7.05 Å². The zero-order chi connectivity index (χ0) is 18.7. The van der Waals surface area contributed by atoms with Gasteiger partial charge in [0.05, 0.1) is 5.52 Å². The van der Waals surface area contributed by atoms with Gasteiger partial charge < -0.3 is 10.6 Å². The van der Waals surface area contributed by atoms with Gasteiger partial charge in [-0.05, 0) is 29.8 Å². The summed E-state index contributed by atoms with van der Waals surface area (Å²) < 4.78 is 28.0. The lowest BCUT2D eigenvalue weighted by atomic mass is 10.1. The van der Waals surface area contributed by atoms with E-state index in [4.69, 9.17) is 0 Å². The fourth-order valence-electron chi connectivity index (χ4n) is 2.51. The monoisotopic (exact) mass is 359 g/mol. The number of carbonyl (C=O) groups excluding carboxylic acids is 2. The molecule has 0 spiro atoms. The number of carbonyl (C=O) groups is 2. The average molecular weight is 359 g/mol. The molecule has 0 aliphatic rings. The summed E-state index contributed by atoms with van der Waals surface area (Å²) in [5.41, 5.74) is 1.41. The quantitative estimate of drug-likeness (QED) is 0.719. The molecular formula is C17H15F2N5O2. The molecule has 1 atom stereocenters. The molecule has 2 N–H and O–H groups in total. The first-order valence-corrected chi connectivity index (χ1v) is 7.73. The normalized spacial score (nSPS) is 12.0. The van der Waals surface area contributed by atoms with Gasteiger partial charge in [-0.2, -0.15) is 0 Å². The van der Waals surface area contributed by atoms with E-state index in [0.29, 0.717) is 11.0 Å². The number of likely N-dealkylation sites (N-methyl/N-ethyl adjacent to an activating group) is 1. The van der Waals surface area contributed by atoms with Gasteiger partial charge in [0.25, 0.3) is 0 Å². The molecular weight excluding hydrogens is 344 g/mol. The Morgan fingerprint density at radius 1 is 1.15 bits per heavy atom. The van der Waals surface area contributed by atoms with Crippen molar-refractivity contribution in [2.24, 2.45) is 0 Å². The predicted octanol–water partition coefficient (Wildman–Crippen LogP) is 1.31. The van der Waals surface area contributed by atoms with Crippen LogP contribution in [0.15, 0.2) is 42.5 Å². The van der Waals surface area contributed by atoms with E-state index in [0.717, 1.165) is 12.1 Å². The molecule has 2 aromatic carbocycles. The van der Waals surface area contributed by atoms with E-state index >= 15 is 0 Å². The number of nitrogens with zero attached hydrogens (tertiary/aromatic N) is 3. The highest BCUT2D eigenvalue weighted by atomic mass is 19.2. The molecule has 0 saturated heterocycles. The second kappa shape index (κ2) is 7.26. The zero-order valence-corrected chi connectivity index (χ0v) is 13.7. The summed E-state index contributed by atoms with van der Waals surface area (Å²) in [6.45, 7) is -0.183. The van der Waals surface area contributed by atoms with Crippen LogP contribution in [0.1, 0.15) is 11.6 Å². The van der Waals surface area contributed by atoms with E-state index in [-0.39, 0.29) is 12.1 Å². The van der Waals surface area contributed by atoms with Crippen LogP contribution >= 0.6 is 0 Å². The SMILES string of the molecule is CNC(=O)C(NC(=O)Cn1nnc2ccccc21)c1ccc(F)c(F)c1. The minimum absolute atomic E-state index is 0.125. The third kappa shape index (κ3) is 3.51. The molecule has 1 aromatic heterocycles. The van der Waals surface area contributed by atoms with Crippen LogP contribution in [0.2, 0.25) is 0 Å². The topological polar surface area (TPSA) is 88.9 Å². The van der Waals surface area contributed by atoms with Gasteiger partial charge in [-0.3, -0.25) is 9.59 Å². The standard InChI is InChI=1S/C17H15F2N5O2/c1-20-17(26)16(10-6-7-11(18)12(19)8-10)21-15(25)9-24-14-5-3-2-4-13(14)22-23-24/h2-8,16H,9H2,1H3,(H,20,26)(H,21,25). The number of benzene rings is 2. The lowest BCUT2D eigenvalue weighted by Gasteiger charge is -2.18. The summed E-state index contributed by atoms with van der Waals surface area (Å²) in [4.78, 5) is 24.4. The Balaban J connectivity index is 1.81. The fraction of sp³-hybridized carbons (Fsp3) is 0.176. The summed E-state index contributed by atoms with van der Waals surface area (Å²) in [5.74, 6) is -3.23. The number of fused-ring (bicyclic) bond motifs is 1. The minimum Gasteiger partial charge on any atom is -0.357 e. The maximum Gasteiger partial charge on any atom is 0.246 e. The van der Waals surface area contributed by atoms with Crippen LogP contribution in [0.25, 0.3) is 11.0 Å². The first-order chi connectivity index (χ1) is 12.5. The lowest BCUT2D eigenvalue weighted by Crippen LogP contribution is -2.40. The third-order valence-electron chi connectivity index (χ3n) is 3.80. The van der Waals surface area contributed by atoms with Gasteiger partial charge in [-0.1, -0.05) is 23.4 Å². The Kier molecular flexibility index (Phi) is 4.87. The van der Waals surface area contributed by atoms with Gasteiger partial charge in [0.2, 0.25) is 11.8 Å². The second-order valence-corrected chi connectivity index (χ2v) is 5.52. The van der Waals surface area contributed by atoms with Crippen LogP contribution < -0.4 is 10.6 Å². The molecule has 0 bridgehead atoms. The number of para-hydroxylation sites is 1. The predicted molar refractivity (Wildman–Crippen MR) is 88.8 cm³/mol. The molecule has 9 heteroatoms. The van der Waals surface area contributed by atoms with Crippen molar-refractivity contribution in [3.8, 4) is 0 Å². The largest absolute Gasteiger partial charge is 0.357 e. The molecule has 7 nitrogen and oxygen atoms in total. The molecule has 0 fully saturated rings. The van der Waals surface area contributed by atoms with Gasteiger partial charge in [-0.15, -0.1) is 5.10 Å². The molecule has 134 valence electrons. The van der Waals surface area contributed by atoms with Crippen LogP contribution in [0.5, 0.6) is 0 Å². The summed E-state index contributed by atoms with van der Waals surface area (Å²) in [7, 11) is 1.38. The average Bonchev–Trinajstić information content (AvgIpc) is 3.04. The van der Waals surface area contributed by atoms with Crippen molar-refractivity contribution < 1.29 is 18.4 Å². The van der Waals surface area contributed by atoms with Crippen LogP contribution in [0.4, 0.5) is 8.78 Å². The first-order valence-electron chi connectivity index (χ1n) is 7.73. The summed E-state index contributed by atoms with van der Waals surface area (Å²) in [5, 5.41) is 12.7. The van der Waals surface area contributed by atoms with Crippen molar-refractivity contribution in [2.45, 2.75) is 12.6 Å². The Morgan fingerprint density at radius 2 is 1.92 bits per heavy atom. The van der Waals surface area contributed by atoms with Gasteiger partial charge in [0.1, 0.15) is 18.1 Å². The summed E-state index contributed by atoms with van der Waals surface area (Å²) in [6.07, 6.45) is 0. The van der Waals surface area contributed by atoms with E-state index in [1.54, 1.807) is 24.3 Å². The summed E-state index contributed by atoms with van der Waals surface area (Å²) >= 11 is 0. The molecule has 0 aliphatic heterocycles. The van der Waals surface area contributed by atoms with Crippen molar-refractivity contribution in [3.05, 3.63) is 59.7 Å². The van der Waals surface area contributed by atoms with Crippen LogP contribution in [0.3, 0.4) is 0 Å². The lowest BCUT2D eigenvalue weighted by molar-refractivity contribution is -0.129. The van der Waals surface area contributed by atoms with E-state index in [1.807, 2.05) is 0 Å². The molecule has 3 rings (SSSR count). The molecule has 2 amide bonds. The van der Waals surface area contributed by atoms with Crippen molar-refractivity contribution in [1.82, 2.24) is 25.6 Å². The number of rotatable bonds is 5. The summed E-state index contributed by atoms with van der Waals surface area (Å²) in [6, 6.07) is 8.94. The second-order valence-electron chi connectivity index (χ2n) is 5.52. The van der Waals surface area contributed by atoms with Crippen LogP contribution in [0, 0.1) is 11.6 Å². The number of hydrogen-bond donors (Lipinski definition) is 2. The van der Waals surface area contributed by atoms with Crippen LogP contribution in [-0.2, 0) is 16.1 Å². The minimum atomic E-state index is -1.17. The van der Waals surface area contributed by atoms with Gasteiger partial charge >= 0.3 is 0 Å². The zero-order valence-electron chi connectivity index (χ0n) is 13.7. The highest BCUT2D eigenvalue weighted by Crippen LogP contribution is 2.17. The fourth-order valence-corrected chi connectivity index (χ4v) is 2.51. The molecule has 1 heterocycles. The van der Waals surface area contributed by atoms with Crippen molar-refractivity contribution >= 4 is 22.8 Å². The van der Waals surface area contributed by atoms with E-state index in [1.165, 1.54) is 17.8 Å². The Hall–Kier alpha value is -3.36. The van der Waals surface area contributed by atoms with Crippen molar-refractivity contribution in [1.29, 1.82) is 0 Å². The molecule has 0 radical (unpaired) electrons. The highest BCUT2D eigenvalue weighted by Gasteiger charge is 2.23. The third-order valence-corrected chi connectivity index (χ3v) is 3.80. The molecule has 3 aromatic rings. The smallest absolute Gasteiger partial charge is 0.246 e. The van der Waals surface area contributed by atoms with Gasteiger partial charge in [-0.25, -0.2) is 13.5 Å². The van der Waals surface area contributed by atoms with E-state index in [2.05, 4.69) is 20.9 Å². The Morgan fingerprint density at radius 3 is 2.65 bits per heavy atom. The number of aromatic nitrogens is 3. The molecule has 1 unspecified atom stereocenters. The van der Waals surface area contributed by atoms with E-state index < -0.39 is 29.5 Å². The van der Waals surface area contributed by atoms with Gasteiger partial charge in [0, 0.05) is 7.05 Å². The number of hydrogen-bond acceptors (Lipinski definition) is 4. The Bertz CT molecular complexity index is 973. The molecule has 0 saturated carbocycles. The Labute approximate surface area is 147 Å². The van der Waals surface area contributed by atoms with Crippen LogP contribution in [-0.4, -0.2) is 33.9 Å². The number of amides is 2. The maximum atomic E-state index is 13.5. The number of nitrogens with one attached hydrogen (secondary N) is 2. The van der Waals surface area contributed by atoms with Gasteiger partial charge in [0.15, 0.2) is 11.6 Å². The first kappa shape index (κ1) is 17.5. The maximum absolute atomic E-state index is 13.5. The van der Waals surface area contributed by atoms with Crippen molar-refractivity contribution in [3.63, 3.8) is 0 Å². The van der Waals surface area contributed by atoms with E-state index in [9.17, 15) is 18.4 Å². The number of halogens is 2. The molecule has 26 heavy (non-hydrogen) atoms.